The number of anilines is 1. The Morgan fingerprint density at radius 1 is 1.03 bits per heavy atom. The molecule has 170 valence electrons. The molecule has 1 amide bonds. The van der Waals surface area contributed by atoms with E-state index in [0.717, 1.165) is 30.9 Å². The second-order valence-electron chi connectivity index (χ2n) is 7.58. The summed E-state index contributed by atoms with van der Waals surface area (Å²) in [6.07, 6.45) is -9.40. The van der Waals surface area contributed by atoms with Crippen molar-refractivity contribution in [2.24, 2.45) is 5.41 Å². The van der Waals surface area contributed by atoms with E-state index >= 15 is 0 Å². The van der Waals surface area contributed by atoms with Crippen LogP contribution in [0.5, 0.6) is 0 Å². The van der Waals surface area contributed by atoms with Gasteiger partial charge in [0.2, 0.25) is 5.91 Å². The quantitative estimate of drug-likeness (QED) is 0.635. The molecule has 1 fully saturated rings. The van der Waals surface area contributed by atoms with Crippen molar-refractivity contribution in [2.45, 2.75) is 38.0 Å². The molecule has 1 atom stereocenters. The van der Waals surface area contributed by atoms with E-state index in [1.54, 1.807) is 0 Å². The molecule has 1 aliphatic rings. The van der Waals surface area contributed by atoms with Gasteiger partial charge in [-0.15, -0.1) is 0 Å². The lowest BCUT2D eigenvalue weighted by Gasteiger charge is -2.40. The molecule has 0 bridgehead atoms. The van der Waals surface area contributed by atoms with E-state index in [4.69, 9.17) is 0 Å². The Morgan fingerprint density at radius 2 is 1.57 bits per heavy atom. The van der Waals surface area contributed by atoms with Crippen molar-refractivity contribution < 1.29 is 39.7 Å². The monoisotopic (exact) mass is 462 g/mol. The average Bonchev–Trinajstić information content (AvgIpc) is 2.58. The smallest absolute Gasteiger partial charge is 0.366 e. The predicted octanol–water partition coefficient (Wildman–Crippen LogP) is 4.04. The summed E-state index contributed by atoms with van der Waals surface area (Å²) in [6, 6.07) is 2.05. The van der Waals surface area contributed by atoms with Crippen LogP contribution < -0.4 is 4.90 Å². The number of carbonyl (C=O) groups is 1. The van der Waals surface area contributed by atoms with Crippen LogP contribution in [-0.2, 0) is 15.6 Å². The minimum absolute atomic E-state index is 0.0228. The van der Waals surface area contributed by atoms with Crippen LogP contribution in [0.4, 0.5) is 36.4 Å². The van der Waals surface area contributed by atoms with Crippen molar-refractivity contribution in [3.63, 3.8) is 0 Å². The Kier molecular flexibility index (Phi) is 6.80. The minimum Gasteiger partial charge on any atom is -0.366 e. The van der Waals surface area contributed by atoms with Crippen molar-refractivity contribution in [3.05, 3.63) is 23.5 Å². The van der Waals surface area contributed by atoms with Crippen LogP contribution in [0.25, 0.3) is 0 Å². The van der Waals surface area contributed by atoms with E-state index in [2.05, 4.69) is 0 Å². The SMILES string of the molecule is Cc1cc(F)c(N2CCN(C(=O)C(C)(C)C(F)(F)F)CC2)cc1S(=O)CC(F)(F)F. The first-order chi connectivity index (χ1) is 13.5. The zero-order chi connectivity index (χ0) is 23.1. The molecule has 1 saturated heterocycles. The summed E-state index contributed by atoms with van der Waals surface area (Å²) < 4.78 is 103. The van der Waals surface area contributed by atoms with Crippen LogP contribution in [0, 0.1) is 18.2 Å². The van der Waals surface area contributed by atoms with E-state index in [1.165, 1.54) is 11.8 Å². The molecule has 1 aromatic rings. The summed E-state index contributed by atoms with van der Waals surface area (Å²) in [6.45, 7) is 2.62. The van der Waals surface area contributed by atoms with Gasteiger partial charge in [-0.05, 0) is 38.5 Å². The van der Waals surface area contributed by atoms with Gasteiger partial charge in [-0.3, -0.25) is 9.00 Å². The van der Waals surface area contributed by atoms with Crippen LogP contribution in [0.1, 0.15) is 19.4 Å². The fourth-order valence-corrected chi connectivity index (χ4v) is 4.14. The number of nitrogens with zero attached hydrogens (tertiary/aromatic N) is 2. The first-order valence-corrected chi connectivity index (χ1v) is 10.2. The third kappa shape index (κ3) is 5.25. The first-order valence-electron chi connectivity index (χ1n) is 8.91. The van der Waals surface area contributed by atoms with Crippen LogP contribution in [-0.4, -0.2) is 59.3 Å². The molecule has 1 aliphatic heterocycles. The number of benzene rings is 1. The Hall–Kier alpha value is -1.85. The summed E-state index contributed by atoms with van der Waals surface area (Å²) >= 11 is 0. The number of alkyl halides is 6. The summed E-state index contributed by atoms with van der Waals surface area (Å²) in [5.41, 5.74) is -2.58. The topological polar surface area (TPSA) is 40.6 Å². The van der Waals surface area contributed by atoms with Gasteiger partial charge in [0.15, 0.2) is 0 Å². The van der Waals surface area contributed by atoms with E-state index in [9.17, 15) is 39.7 Å². The fraction of sp³-hybridized carbons (Fsp3) is 0.611. The van der Waals surface area contributed by atoms with E-state index in [0.29, 0.717) is 0 Å². The largest absolute Gasteiger partial charge is 0.402 e. The number of rotatable bonds is 4. The number of piperazine rings is 1. The van der Waals surface area contributed by atoms with E-state index in [-0.39, 0.29) is 42.3 Å². The zero-order valence-corrected chi connectivity index (χ0v) is 17.3. The van der Waals surface area contributed by atoms with Crippen LogP contribution in [0.15, 0.2) is 17.0 Å². The summed E-state index contributed by atoms with van der Waals surface area (Å²) in [7, 11) is -2.43. The second kappa shape index (κ2) is 8.35. The number of halogens is 7. The molecule has 0 radical (unpaired) electrons. The highest BCUT2D eigenvalue weighted by Crippen LogP contribution is 2.39. The molecule has 1 aromatic carbocycles. The van der Waals surface area contributed by atoms with Crippen LogP contribution in [0.3, 0.4) is 0 Å². The van der Waals surface area contributed by atoms with Crippen molar-refractivity contribution in [1.29, 1.82) is 0 Å². The average molecular weight is 462 g/mol. The molecule has 2 rings (SSSR count). The van der Waals surface area contributed by atoms with Crippen molar-refractivity contribution in [1.82, 2.24) is 4.90 Å². The molecule has 0 spiro atoms. The Labute approximate surface area is 171 Å². The van der Waals surface area contributed by atoms with Gasteiger partial charge < -0.3 is 9.80 Å². The number of aryl methyl sites for hydroxylation is 1. The minimum atomic E-state index is -4.73. The van der Waals surface area contributed by atoms with Gasteiger partial charge in [0.05, 0.1) is 16.5 Å². The lowest BCUT2D eigenvalue weighted by molar-refractivity contribution is -0.217. The van der Waals surface area contributed by atoms with Gasteiger partial charge in [-0.25, -0.2) is 4.39 Å². The molecule has 0 aliphatic carbocycles. The molecule has 30 heavy (non-hydrogen) atoms. The third-order valence-corrected chi connectivity index (χ3v) is 6.46. The Morgan fingerprint density at radius 3 is 2.03 bits per heavy atom. The fourth-order valence-electron chi connectivity index (χ4n) is 3.02. The van der Waals surface area contributed by atoms with Gasteiger partial charge in [-0.1, -0.05) is 0 Å². The molecule has 0 saturated carbocycles. The summed E-state index contributed by atoms with van der Waals surface area (Å²) in [5.74, 6) is -3.44. The number of amides is 1. The summed E-state index contributed by atoms with van der Waals surface area (Å²) in [5, 5.41) is 0. The maximum absolute atomic E-state index is 14.4. The van der Waals surface area contributed by atoms with Crippen LogP contribution >= 0.6 is 0 Å². The standard InChI is InChI=1S/C18H21F7N2O2S/c1-11-8-12(19)13(9-14(11)30(29)10-17(20,21)22)26-4-6-27(7-5-26)15(28)16(2,3)18(23,24)25/h8-9H,4-7,10H2,1-3H3. The van der Waals surface area contributed by atoms with Crippen molar-refractivity contribution >= 4 is 22.4 Å². The number of hydrogen-bond donors (Lipinski definition) is 0. The molecular weight excluding hydrogens is 441 g/mol. The molecule has 1 heterocycles. The number of hydrogen-bond acceptors (Lipinski definition) is 3. The molecule has 0 N–H and O–H groups in total. The first kappa shape index (κ1) is 24.4. The van der Waals surface area contributed by atoms with E-state index in [1.807, 2.05) is 0 Å². The highest BCUT2D eigenvalue weighted by atomic mass is 32.2. The van der Waals surface area contributed by atoms with Crippen LogP contribution in [0.2, 0.25) is 0 Å². The van der Waals surface area contributed by atoms with Crippen molar-refractivity contribution in [3.8, 4) is 0 Å². The molecule has 1 unspecified atom stereocenters. The zero-order valence-electron chi connectivity index (χ0n) is 16.5. The van der Waals surface area contributed by atoms with E-state index < -0.39 is 46.0 Å². The van der Waals surface area contributed by atoms with Gasteiger partial charge in [-0.2, -0.15) is 26.3 Å². The summed E-state index contributed by atoms with van der Waals surface area (Å²) in [4.78, 5) is 14.5. The Balaban J connectivity index is 2.18. The van der Waals surface area contributed by atoms with Gasteiger partial charge >= 0.3 is 12.4 Å². The maximum atomic E-state index is 14.4. The van der Waals surface area contributed by atoms with Gasteiger partial charge in [0.1, 0.15) is 17.0 Å². The van der Waals surface area contributed by atoms with Gasteiger partial charge in [0.25, 0.3) is 0 Å². The lowest BCUT2D eigenvalue weighted by atomic mass is 9.90. The normalized spacial score (nSPS) is 17.3. The highest BCUT2D eigenvalue weighted by Gasteiger charge is 2.54. The lowest BCUT2D eigenvalue weighted by Crippen LogP contribution is -2.55. The maximum Gasteiger partial charge on any atom is 0.402 e. The van der Waals surface area contributed by atoms with Crippen molar-refractivity contribution in [2.75, 3.05) is 36.8 Å². The number of carbonyl (C=O) groups excluding carboxylic acids is 1. The highest BCUT2D eigenvalue weighted by molar-refractivity contribution is 7.85. The Bertz CT molecular complexity index is 829. The van der Waals surface area contributed by atoms with Gasteiger partial charge in [0, 0.05) is 31.1 Å². The third-order valence-electron chi connectivity index (χ3n) is 4.94. The molecule has 12 heteroatoms. The molecule has 4 nitrogen and oxygen atoms in total. The molecular formula is C18H21F7N2O2S. The predicted molar refractivity (Wildman–Crippen MR) is 97.1 cm³/mol. The second-order valence-corrected chi connectivity index (χ2v) is 9.00. The molecule has 0 aromatic heterocycles.